The van der Waals surface area contributed by atoms with E-state index in [1.165, 1.54) is 11.3 Å². The van der Waals surface area contributed by atoms with Gasteiger partial charge in [0, 0.05) is 22.5 Å². The standard InChI is InChI=1S/C20H17ClN2O4S/c1-26-16-8-4-14(5-9-16)19-23-17(12-28-19)20(25)27-11-18(24)22-10-13-2-6-15(21)7-3-13/h2-9,12H,10-11H2,1H3,(H,22,24). The molecule has 0 spiro atoms. The summed E-state index contributed by atoms with van der Waals surface area (Å²) in [5.74, 6) is -0.295. The molecular formula is C20H17ClN2O4S. The molecule has 0 saturated heterocycles. The highest BCUT2D eigenvalue weighted by Gasteiger charge is 2.15. The normalized spacial score (nSPS) is 10.4. The second-order valence-corrected chi connectivity index (χ2v) is 7.04. The minimum absolute atomic E-state index is 0.168. The van der Waals surface area contributed by atoms with Crippen LogP contribution in [0.5, 0.6) is 5.75 Å². The van der Waals surface area contributed by atoms with Crippen LogP contribution >= 0.6 is 22.9 Å². The predicted molar refractivity (Wildman–Crippen MR) is 108 cm³/mol. The summed E-state index contributed by atoms with van der Waals surface area (Å²) in [5, 5.41) is 5.59. The number of hydrogen-bond acceptors (Lipinski definition) is 6. The summed E-state index contributed by atoms with van der Waals surface area (Å²) in [6, 6.07) is 14.5. The molecule has 0 aliphatic rings. The number of hydrogen-bond donors (Lipinski definition) is 1. The van der Waals surface area contributed by atoms with Gasteiger partial charge in [-0.15, -0.1) is 11.3 Å². The molecule has 0 fully saturated rings. The maximum Gasteiger partial charge on any atom is 0.358 e. The van der Waals surface area contributed by atoms with Crippen LogP contribution in [0.4, 0.5) is 0 Å². The van der Waals surface area contributed by atoms with Crippen molar-refractivity contribution in [2.24, 2.45) is 0 Å². The number of halogens is 1. The first-order valence-electron chi connectivity index (χ1n) is 8.33. The van der Waals surface area contributed by atoms with Crippen LogP contribution in [0.15, 0.2) is 53.9 Å². The molecule has 1 aromatic heterocycles. The Labute approximate surface area is 171 Å². The van der Waals surface area contributed by atoms with E-state index in [4.69, 9.17) is 21.1 Å². The van der Waals surface area contributed by atoms with Gasteiger partial charge >= 0.3 is 5.97 Å². The number of nitrogens with zero attached hydrogens (tertiary/aromatic N) is 1. The lowest BCUT2D eigenvalue weighted by Crippen LogP contribution is -2.28. The van der Waals surface area contributed by atoms with Crippen LogP contribution in [-0.2, 0) is 16.1 Å². The van der Waals surface area contributed by atoms with Crippen LogP contribution in [0, 0.1) is 0 Å². The third-order valence-corrected chi connectivity index (χ3v) is 4.93. The van der Waals surface area contributed by atoms with Gasteiger partial charge in [0.05, 0.1) is 7.11 Å². The summed E-state index contributed by atoms with van der Waals surface area (Å²) >= 11 is 7.14. The zero-order valence-electron chi connectivity index (χ0n) is 15.0. The van der Waals surface area contributed by atoms with Crippen molar-refractivity contribution in [3.8, 4) is 16.3 Å². The highest BCUT2D eigenvalue weighted by molar-refractivity contribution is 7.13. The smallest absolute Gasteiger partial charge is 0.358 e. The van der Waals surface area contributed by atoms with Crippen molar-refractivity contribution in [3.63, 3.8) is 0 Å². The largest absolute Gasteiger partial charge is 0.497 e. The minimum atomic E-state index is -0.641. The van der Waals surface area contributed by atoms with Crippen molar-refractivity contribution in [1.82, 2.24) is 10.3 Å². The van der Waals surface area contributed by atoms with Crippen LogP contribution < -0.4 is 10.1 Å². The van der Waals surface area contributed by atoms with Crippen LogP contribution in [-0.4, -0.2) is 30.6 Å². The Balaban J connectivity index is 1.49. The molecule has 1 heterocycles. The number of ether oxygens (including phenoxy) is 2. The Morgan fingerprint density at radius 1 is 1.11 bits per heavy atom. The number of benzene rings is 2. The molecule has 0 aliphatic heterocycles. The zero-order chi connectivity index (χ0) is 19.9. The average Bonchev–Trinajstić information content (AvgIpc) is 3.22. The van der Waals surface area contributed by atoms with Gasteiger partial charge in [-0.25, -0.2) is 9.78 Å². The number of methoxy groups -OCH3 is 1. The van der Waals surface area contributed by atoms with Crippen molar-refractivity contribution >= 4 is 34.8 Å². The lowest BCUT2D eigenvalue weighted by molar-refractivity contribution is -0.124. The molecule has 8 heteroatoms. The van der Waals surface area contributed by atoms with Gasteiger partial charge in [0.25, 0.3) is 5.91 Å². The minimum Gasteiger partial charge on any atom is -0.497 e. The topological polar surface area (TPSA) is 77.5 Å². The Hall–Kier alpha value is -2.90. The molecule has 0 atom stereocenters. The van der Waals surface area contributed by atoms with Crippen molar-refractivity contribution in [2.45, 2.75) is 6.54 Å². The van der Waals surface area contributed by atoms with Crippen molar-refractivity contribution < 1.29 is 19.1 Å². The van der Waals surface area contributed by atoms with Crippen LogP contribution in [0.25, 0.3) is 10.6 Å². The molecule has 0 aliphatic carbocycles. The lowest BCUT2D eigenvalue weighted by atomic mass is 10.2. The van der Waals surface area contributed by atoms with Crippen LogP contribution in [0.1, 0.15) is 16.1 Å². The van der Waals surface area contributed by atoms with Gasteiger partial charge in [-0.1, -0.05) is 23.7 Å². The lowest BCUT2D eigenvalue weighted by Gasteiger charge is -2.06. The van der Waals surface area contributed by atoms with E-state index in [1.54, 1.807) is 24.6 Å². The van der Waals surface area contributed by atoms with Crippen molar-refractivity contribution in [3.05, 3.63) is 70.2 Å². The summed E-state index contributed by atoms with van der Waals surface area (Å²) in [5.41, 5.74) is 1.93. The fraction of sp³-hybridized carbons (Fsp3) is 0.150. The number of carbonyl (C=O) groups is 2. The summed E-state index contributed by atoms with van der Waals surface area (Å²) < 4.78 is 10.2. The van der Waals surface area contributed by atoms with Gasteiger partial charge in [0.2, 0.25) is 0 Å². The first-order chi connectivity index (χ1) is 13.5. The van der Waals surface area contributed by atoms with Gasteiger partial charge < -0.3 is 14.8 Å². The highest BCUT2D eigenvalue weighted by Crippen LogP contribution is 2.25. The van der Waals surface area contributed by atoms with E-state index in [-0.39, 0.29) is 12.3 Å². The second kappa shape index (κ2) is 9.34. The van der Waals surface area contributed by atoms with E-state index in [1.807, 2.05) is 36.4 Å². The second-order valence-electron chi connectivity index (χ2n) is 5.75. The predicted octanol–water partition coefficient (Wildman–Crippen LogP) is 3.95. The zero-order valence-corrected chi connectivity index (χ0v) is 16.5. The fourth-order valence-corrected chi connectivity index (χ4v) is 3.21. The highest BCUT2D eigenvalue weighted by atomic mass is 35.5. The van der Waals surface area contributed by atoms with E-state index in [9.17, 15) is 9.59 Å². The first-order valence-corrected chi connectivity index (χ1v) is 9.59. The Morgan fingerprint density at radius 2 is 1.82 bits per heavy atom. The molecule has 3 rings (SSSR count). The van der Waals surface area contributed by atoms with E-state index in [2.05, 4.69) is 10.3 Å². The summed E-state index contributed by atoms with van der Waals surface area (Å²) in [6.45, 7) is -0.0479. The molecule has 6 nitrogen and oxygen atoms in total. The maximum atomic E-state index is 12.1. The number of aromatic nitrogens is 1. The van der Waals surface area contributed by atoms with Gasteiger partial charge in [-0.2, -0.15) is 0 Å². The van der Waals surface area contributed by atoms with E-state index >= 15 is 0 Å². The number of thiazole rings is 1. The van der Waals surface area contributed by atoms with Crippen LogP contribution in [0.2, 0.25) is 5.02 Å². The number of carbonyl (C=O) groups excluding carboxylic acids is 2. The summed E-state index contributed by atoms with van der Waals surface area (Å²) in [4.78, 5) is 28.2. The Kier molecular flexibility index (Phi) is 6.62. The van der Waals surface area contributed by atoms with Crippen LogP contribution in [0.3, 0.4) is 0 Å². The molecule has 28 heavy (non-hydrogen) atoms. The Bertz CT molecular complexity index is 955. The van der Waals surface area contributed by atoms with Gasteiger partial charge in [-0.3, -0.25) is 4.79 Å². The number of nitrogens with one attached hydrogen (secondary N) is 1. The average molecular weight is 417 g/mol. The molecule has 3 aromatic rings. The molecule has 0 unspecified atom stereocenters. The number of esters is 1. The van der Waals surface area contributed by atoms with E-state index < -0.39 is 11.9 Å². The molecule has 1 amide bonds. The molecule has 0 radical (unpaired) electrons. The molecule has 0 bridgehead atoms. The number of amides is 1. The van der Waals surface area contributed by atoms with E-state index in [0.717, 1.165) is 16.9 Å². The third-order valence-electron chi connectivity index (χ3n) is 3.79. The monoisotopic (exact) mass is 416 g/mol. The van der Waals surface area contributed by atoms with Gasteiger partial charge in [0.15, 0.2) is 12.3 Å². The molecular weight excluding hydrogens is 400 g/mol. The van der Waals surface area contributed by atoms with Gasteiger partial charge in [-0.05, 0) is 42.0 Å². The van der Waals surface area contributed by atoms with E-state index in [0.29, 0.717) is 16.6 Å². The van der Waals surface area contributed by atoms with Crippen molar-refractivity contribution in [2.75, 3.05) is 13.7 Å². The van der Waals surface area contributed by atoms with Gasteiger partial charge in [0.1, 0.15) is 10.8 Å². The third kappa shape index (κ3) is 5.31. The molecule has 0 saturated carbocycles. The van der Waals surface area contributed by atoms with Crippen molar-refractivity contribution in [1.29, 1.82) is 0 Å². The molecule has 144 valence electrons. The number of rotatable bonds is 7. The molecule has 1 N–H and O–H groups in total. The quantitative estimate of drug-likeness (QED) is 0.590. The molecule has 2 aromatic carbocycles. The Morgan fingerprint density at radius 3 is 2.50 bits per heavy atom. The summed E-state index contributed by atoms with van der Waals surface area (Å²) in [6.07, 6.45) is 0. The fourth-order valence-electron chi connectivity index (χ4n) is 2.29. The maximum absolute atomic E-state index is 12.1. The summed E-state index contributed by atoms with van der Waals surface area (Å²) in [7, 11) is 1.60. The SMILES string of the molecule is COc1ccc(-c2nc(C(=O)OCC(=O)NCc3ccc(Cl)cc3)cs2)cc1. The first kappa shape index (κ1) is 19.9.